The number of aromatic nitrogens is 2. The summed E-state index contributed by atoms with van der Waals surface area (Å²) < 4.78 is 0.870. The number of piperidine rings is 1. The molecular weight excluding hydrogens is 478 g/mol. The second-order valence-electron chi connectivity index (χ2n) is 6.28. The molecule has 0 bridgehead atoms. The Hall–Kier alpha value is -0.280. The van der Waals surface area contributed by atoms with Crippen LogP contribution >= 0.6 is 57.6 Å². The van der Waals surface area contributed by atoms with E-state index in [-0.39, 0.29) is 5.54 Å². The van der Waals surface area contributed by atoms with Gasteiger partial charge in [-0.15, -0.1) is 0 Å². The van der Waals surface area contributed by atoms with Crippen molar-refractivity contribution in [1.29, 1.82) is 0 Å². The number of halogens is 3. The minimum atomic E-state index is 0.177. The summed E-state index contributed by atoms with van der Waals surface area (Å²) in [5.74, 6) is 0.927. The Bertz CT molecular complexity index is 747. The molecule has 1 aromatic heterocycles. The summed E-state index contributed by atoms with van der Waals surface area (Å²) in [6.07, 6.45) is 3.98. The van der Waals surface area contributed by atoms with Crippen LogP contribution in [0.3, 0.4) is 0 Å². The lowest BCUT2D eigenvalue weighted by molar-refractivity contribution is -0.475. The number of rotatable bonds is 3. The van der Waals surface area contributed by atoms with Gasteiger partial charge >= 0.3 is 0 Å². The zero-order chi connectivity index (χ0) is 17.3. The van der Waals surface area contributed by atoms with Crippen LogP contribution in [0, 0.1) is 3.70 Å². The van der Waals surface area contributed by atoms with Crippen molar-refractivity contribution >= 4 is 63.4 Å². The van der Waals surface area contributed by atoms with Crippen molar-refractivity contribution in [2.45, 2.75) is 35.2 Å². The lowest BCUT2D eigenvalue weighted by Gasteiger charge is -2.34. The van der Waals surface area contributed by atoms with Gasteiger partial charge in [-0.2, -0.15) is 0 Å². The summed E-state index contributed by atoms with van der Waals surface area (Å²) >= 11 is 16.0. The van der Waals surface area contributed by atoms with Gasteiger partial charge in [0.2, 0.25) is 0 Å². The van der Waals surface area contributed by atoms with E-state index in [9.17, 15) is 0 Å². The molecule has 0 amide bonds. The predicted molar refractivity (Wildman–Crippen MR) is 108 cm³/mol. The number of nitrogens with zero attached hydrogens (tertiary/aromatic N) is 3. The molecule has 0 saturated carbocycles. The molecule has 2 heterocycles. The maximum Gasteiger partial charge on any atom is 0.148 e. The van der Waals surface area contributed by atoms with Crippen LogP contribution in [0.15, 0.2) is 34.3 Å². The van der Waals surface area contributed by atoms with Gasteiger partial charge in [0.25, 0.3) is 0 Å². The molecule has 2 aromatic rings. The molecule has 3 N–H and O–H groups in total. The first-order valence-electron chi connectivity index (χ1n) is 7.60. The smallest absolute Gasteiger partial charge is 0.148 e. The van der Waals surface area contributed by atoms with Gasteiger partial charge in [0.1, 0.15) is 14.5 Å². The topological polar surface area (TPSA) is 56.7 Å². The van der Waals surface area contributed by atoms with Gasteiger partial charge in [-0.05, 0) is 41.6 Å². The summed E-state index contributed by atoms with van der Waals surface area (Å²) in [4.78, 5) is 12.5. The minimum absolute atomic E-state index is 0.177. The number of hydrogen-bond acceptors (Lipinski definition) is 4. The lowest BCUT2D eigenvalue weighted by atomic mass is 9.91. The molecule has 3 rings (SSSR count). The van der Waals surface area contributed by atoms with Crippen LogP contribution in [0.1, 0.15) is 19.8 Å². The molecular formula is C16H18Cl2IN4S+. The molecule has 0 aliphatic carbocycles. The van der Waals surface area contributed by atoms with Gasteiger partial charge in [0.15, 0.2) is 0 Å². The van der Waals surface area contributed by atoms with Crippen molar-refractivity contribution in [3.05, 3.63) is 38.1 Å². The van der Waals surface area contributed by atoms with E-state index in [0.29, 0.717) is 10.0 Å². The lowest BCUT2D eigenvalue weighted by Crippen LogP contribution is -2.73. The Balaban J connectivity index is 1.77. The zero-order valence-electron chi connectivity index (χ0n) is 13.2. The first kappa shape index (κ1) is 18.5. The Morgan fingerprint density at radius 1 is 1.29 bits per heavy atom. The molecule has 0 spiro atoms. The normalized spacial score (nSPS) is 17.1. The van der Waals surface area contributed by atoms with Gasteiger partial charge in [-0.25, -0.2) is 9.97 Å². The summed E-state index contributed by atoms with van der Waals surface area (Å²) in [5.41, 5.74) is 4.44. The van der Waals surface area contributed by atoms with Crippen molar-refractivity contribution < 1.29 is 5.73 Å². The summed E-state index contributed by atoms with van der Waals surface area (Å²) in [5, 5.41) is 1.94. The fraction of sp³-hybridized carbons (Fsp3) is 0.375. The zero-order valence-corrected chi connectivity index (χ0v) is 17.7. The molecule has 0 radical (unpaired) electrons. The number of hydrogen-bond donors (Lipinski definition) is 1. The highest BCUT2D eigenvalue weighted by Crippen LogP contribution is 2.37. The van der Waals surface area contributed by atoms with Gasteiger partial charge in [-0.3, -0.25) is 0 Å². The monoisotopic (exact) mass is 495 g/mol. The third-order valence-corrected chi connectivity index (χ3v) is 7.21. The van der Waals surface area contributed by atoms with Crippen molar-refractivity contribution in [2.24, 2.45) is 0 Å². The van der Waals surface area contributed by atoms with Crippen molar-refractivity contribution in [1.82, 2.24) is 9.97 Å². The van der Waals surface area contributed by atoms with E-state index >= 15 is 0 Å². The first-order chi connectivity index (χ1) is 11.4. The molecule has 1 aliphatic rings. The van der Waals surface area contributed by atoms with Gasteiger partial charge < -0.3 is 10.6 Å². The molecule has 4 nitrogen and oxygen atoms in total. The third kappa shape index (κ3) is 4.27. The van der Waals surface area contributed by atoms with Crippen molar-refractivity contribution in [3.8, 4) is 0 Å². The highest BCUT2D eigenvalue weighted by molar-refractivity contribution is 14.1. The molecule has 1 fully saturated rings. The molecule has 8 heteroatoms. The van der Waals surface area contributed by atoms with Crippen molar-refractivity contribution in [2.75, 3.05) is 18.0 Å². The van der Waals surface area contributed by atoms with E-state index in [2.05, 4.69) is 45.1 Å². The maximum atomic E-state index is 6.26. The molecule has 1 aromatic carbocycles. The van der Waals surface area contributed by atoms with E-state index in [4.69, 9.17) is 28.2 Å². The highest BCUT2D eigenvalue weighted by Gasteiger charge is 2.30. The molecule has 1 aliphatic heterocycles. The quantitative estimate of drug-likeness (QED) is 0.650. The molecule has 0 atom stereocenters. The number of quaternary nitrogens is 1. The van der Waals surface area contributed by atoms with Crippen LogP contribution in [0.2, 0.25) is 10.0 Å². The summed E-state index contributed by atoms with van der Waals surface area (Å²) in [7, 11) is 0. The first-order valence-corrected chi connectivity index (χ1v) is 10.3. The summed E-state index contributed by atoms with van der Waals surface area (Å²) in [6.45, 7) is 4.16. The van der Waals surface area contributed by atoms with Gasteiger partial charge in [-0.1, -0.05) is 41.0 Å². The van der Waals surface area contributed by atoms with Crippen LogP contribution in [0.4, 0.5) is 5.82 Å². The summed E-state index contributed by atoms with van der Waals surface area (Å²) in [6, 6.07) is 5.60. The Labute approximate surface area is 169 Å². The standard InChI is InChI=1S/C16H17Cl2IN4S/c1-16(20)5-7-23(8-6-16)12-9-21-15(14(19)22-12)24-11-4-2-3-10(17)13(11)18/h2-4,9H,5-8,20H2,1H3/p+1. The van der Waals surface area contributed by atoms with Gasteiger partial charge in [0, 0.05) is 30.8 Å². The Morgan fingerprint density at radius 2 is 2.00 bits per heavy atom. The minimum Gasteiger partial charge on any atom is -0.355 e. The highest BCUT2D eigenvalue weighted by atomic mass is 127. The third-order valence-electron chi connectivity index (χ3n) is 4.10. The molecule has 1 saturated heterocycles. The van der Waals surface area contributed by atoms with Crippen molar-refractivity contribution in [3.63, 3.8) is 0 Å². The van der Waals surface area contributed by atoms with Crippen LogP contribution in [-0.2, 0) is 0 Å². The fourth-order valence-electron chi connectivity index (χ4n) is 2.51. The maximum absolute atomic E-state index is 6.26. The SMILES string of the molecule is CC1([NH3+])CCN(c2cnc(Sc3cccc(Cl)c3Cl)c(I)n2)CC1. The van der Waals surface area contributed by atoms with Gasteiger partial charge in [0.05, 0.1) is 21.8 Å². The van der Waals surface area contributed by atoms with E-state index in [1.165, 1.54) is 11.8 Å². The molecule has 128 valence electrons. The van der Waals surface area contributed by atoms with Crippen LogP contribution in [0.5, 0.6) is 0 Å². The number of anilines is 1. The van der Waals surface area contributed by atoms with Crippen LogP contribution in [0.25, 0.3) is 0 Å². The second kappa shape index (κ2) is 7.53. The molecule has 24 heavy (non-hydrogen) atoms. The second-order valence-corrected chi connectivity index (χ2v) is 9.11. The van der Waals surface area contributed by atoms with E-state index < -0.39 is 0 Å². The average Bonchev–Trinajstić information content (AvgIpc) is 2.53. The molecule has 0 unspecified atom stereocenters. The van der Waals surface area contributed by atoms with E-state index in [1.54, 1.807) is 6.07 Å². The van der Waals surface area contributed by atoms with E-state index in [0.717, 1.165) is 45.4 Å². The van der Waals surface area contributed by atoms with Crippen LogP contribution < -0.4 is 10.6 Å². The predicted octanol–water partition coefficient (Wildman–Crippen LogP) is 4.14. The average molecular weight is 496 g/mol. The van der Waals surface area contributed by atoms with Crippen LogP contribution in [-0.4, -0.2) is 28.6 Å². The Kier molecular flexibility index (Phi) is 5.81. The Morgan fingerprint density at radius 3 is 2.67 bits per heavy atom. The fourth-order valence-corrected chi connectivity index (χ4v) is 4.49. The van der Waals surface area contributed by atoms with E-state index in [1.807, 2.05) is 18.3 Å². The number of benzene rings is 1. The largest absolute Gasteiger partial charge is 0.355 e.